The third kappa shape index (κ3) is 4.77. The number of ether oxygens (including phenoxy) is 1. The summed E-state index contributed by atoms with van der Waals surface area (Å²) in [5.74, 6) is -0.408. The monoisotopic (exact) mass is 375 g/mol. The third-order valence-electron chi connectivity index (χ3n) is 4.96. The molecular formula is C24H25NO3. The minimum absolute atomic E-state index is 0.137. The fourth-order valence-corrected chi connectivity index (χ4v) is 3.25. The van der Waals surface area contributed by atoms with E-state index in [1.54, 1.807) is 0 Å². The van der Waals surface area contributed by atoms with Crippen LogP contribution in [0.15, 0.2) is 66.7 Å². The topological polar surface area (TPSA) is 55.4 Å². The molecule has 0 bridgehead atoms. The van der Waals surface area contributed by atoms with Crippen LogP contribution in [0.2, 0.25) is 0 Å². The summed E-state index contributed by atoms with van der Waals surface area (Å²) < 4.78 is 5.20. The van der Waals surface area contributed by atoms with Crippen LogP contribution >= 0.6 is 0 Å². The van der Waals surface area contributed by atoms with Crippen molar-refractivity contribution in [1.29, 1.82) is 0 Å². The first kappa shape index (κ1) is 19.6. The highest BCUT2D eigenvalue weighted by molar-refractivity contribution is 5.94. The maximum absolute atomic E-state index is 12.3. The highest BCUT2D eigenvalue weighted by Gasteiger charge is 2.13. The van der Waals surface area contributed by atoms with Crippen molar-refractivity contribution in [3.8, 4) is 0 Å². The molecule has 144 valence electrons. The summed E-state index contributed by atoms with van der Waals surface area (Å²) in [5.41, 5.74) is 2.75. The summed E-state index contributed by atoms with van der Waals surface area (Å²) in [7, 11) is 0. The number of para-hydroxylation sites is 1. The SMILES string of the molecule is CC[C@@H](C)c1ccccc1NC(=O)COC(=O)Cc1cccc2ccccc12. The molecule has 0 saturated carbocycles. The number of nitrogens with one attached hydrogen (secondary N) is 1. The molecule has 0 radical (unpaired) electrons. The van der Waals surface area contributed by atoms with Crippen LogP contribution in [0.5, 0.6) is 0 Å². The van der Waals surface area contributed by atoms with E-state index in [1.807, 2.05) is 66.7 Å². The van der Waals surface area contributed by atoms with Crippen LogP contribution in [0, 0.1) is 0 Å². The lowest BCUT2D eigenvalue weighted by Crippen LogP contribution is -2.22. The van der Waals surface area contributed by atoms with Crippen molar-refractivity contribution in [2.24, 2.45) is 0 Å². The summed E-state index contributed by atoms with van der Waals surface area (Å²) >= 11 is 0. The molecule has 1 N–H and O–H groups in total. The second-order valence-electron chi connectivity index (χ2n) is 6.92. The second kappa shape index (κ2) is 9.18. The van der Waals surface area contributed by atoms with Gasteiger partial charge >= 0.3 is 5.97 Å². The highest BCUT2D eigenvalue weighted by Crippen LogP contribution is 2.26. The molecule has 4 nitrogen and oxygen atoms in total. The van der Waals surface area contributed by atoms with Crippen LogP contribution < -0.4 is 5.32 Å². The zero-order chi connectivity index (χ0) is 19.9. The number of carbonyl (C=O) groups is 2. The zero-order valence-electron chi connectivity index (χ0n) is 16.3. The first-order chi connectivity index (χ1) is 13.6. The van der Waals surface area contributed by atoms with Gasteiger partial charge in [-0.3, -0.25) is 9.59 Å². The number of rotatable bonds is 7. The molecule has 0 aromatic heterocycles. The smallest absolute Gasteiger partial charge is 0.310 e. The average Bonchev–Trinajstić information content (AvgIpc) is 2.72. The summed E-state index contributed by atoms with van der Waals surface area (Å²) in [4.78, 5) is 24.5. The first-order valence-corrected chi connectivity index (χ1v) is 9.59. The fourth-order valence-electron chi connectivity index (χ4n) is 3.25. The standard InChI is InChI=1S/C24H25NO3/c1-3-17(2)20-12-6-7-14-22(20)25-23(26)16-28-24(27)15-19-11-8-10-18-9-4-5-13-21(18)19/h4-14,17H,3,15-16H2,1-2H3,(H,25,26)/t17-/m1/s1. The molecule has 0 aliphatic heterocycles. The molecule has 0 aliphatic rings. The van der Waals surface area contributed by atoms with Crippen LogP contribution in [0.4, 0.5) is 5.69 Å². The molecule has 0 fully saturated rings. The van der Waals surface area contributed by atoms with Crippen molar-refractivity contribution >= 4 is 28.3 Å². The highest BCUT2D eigenvalue weighted by atomic mass is 16.5. The lowest BCUT2D eigenvalue weighted by Gasteiger charge is -2.15. The van der Waals surface area contributed by atoms with Crippen LogP contribution in [0.1, 0.15) is 37.3 Å². The second-order valence-corrected chi connectivity index (χ2v) is 6.92. The maximum atomic E-state index is 12.3. The third-order valence-corrected chi connectivity index (χ3v) is 4.96. The molecule has 0 unspecified atom stereocenters. The minimum Gasteiger partial charge on any atom is -0.455 e. The number of anilines is 1. The molecule has 28 heavy (non-hydrogen) atoms. The van der Waals surface area contributed by atoms with Gasteiger partial charge in [0.1, 0.15) is 0 Å². The van der Waals surface area contributed by atoms with E-state index in [4.69, 9.17) is 4.74 Å². The molecule has 0 saturated heterocycles. The Bertz CT molecular complexity index is 975. The van der Waals surface area contributed by atoms with Crippen molar-refractivity contribution in [2.45, 2.75) is 32.6 Å². The van der Waals surface area contributed by atoms with E-state index in [-0.39, 0.29) is 18.9 Å². The van der Waals surface area contributed by atoms with E-state index < -0.39 is 5.97 Å². The van der Waals surface area contributed by atoms with Gasteiger partial charge in [0.05, 0.1) is 6.42 Å². The molecule has 1 amide bonds. The molecule has 4 heteroatoms. The van der Waals surface area contributed by atoms with Gasteiger partial charge in [-0.25, -0.2) is 0 Å². The summed E-state index contributed by atoms with van der Waals surface area (Å²) in [6, 6.07) is 21.5. The Hall–Kier alpha value is -3.14. The largest absolute Gasteiger partial charge is 0.455 e. The van der Waals surface area contributed by atoms with Gasteiger partial charge in [0.15, 0.2) is 6.61 Å². The fraction of sp³-hybridized carbons (Fsp3) is 0.250. The zero-order valence-corrected chi connectivity index (χ0v) is 16.3. The lowest BCUT2D eigenvalue weighted by atomic mass is 9.97. The molecular weight excluding hydrogens is 350 g/mol. The van der Waals surface area contributed by atoms with Gasteiger partial charge in [-0.15, -0.1) is 0 Å². The minimum atomic E-state index is -0.415. The van der Waals surface area contributed by atoms with Crippen molar-refractivity contribution in [3.05, 3.63) is 77.9 Å². The number of esters is 1. The molecule has 1 atom stereocenters. The Morgan fingerprint density at radius 1 is 0.964 bits per heavy atom. The predicted molar refractivity (Wildman–Crippen MR) is 112 cm³/mol. The van der Waals surface area contributed by atoms with Crippen LogP contribution in [-0.2, 0) is 20.7 Å². The quantitative estimate of drug-likeness (QED) is 0.586. The van der Waals surface area contributed by atoms with E-state index in [0.29, 0.717) is 5.92 Å². The Morgan fingerprint density at radius 2 is 1.68 bits per heavy atom. The lowest BCUT2D eigenvalue weighted by molar-refractivity contribution is -0.146. The van der Waals surface area contributed by atoms with Crippen molar-refractivity contribution in [3.63, 3.8) is 0 Å². The number of hydrogen-bond acceptors (Lipinski definition) is 3. The van der Waals surface area contributed by atoms with E-state index in [2.05, 4.69) is 19.2 Å². The van der Waals surface area contributed by atoms with Crippen LogP contribution in [0.3, 0.4) is 0 Å². The van der Waals surface area contributed by atoms with Gasteiger partial charge in [0, 0.05) is 5.69 Å². The van der Waals surface area contributed by atoms with Gasteiger partial charge in [-0.1, -0.05) is 74.5 Å². The molecule has 3 aromatic rings. The maximum Gasteiger partial charge on any atom is 0.310 e. The molecule has 0 spiro atoms. The number of carbonyl (C=O) groups excluding carboxylic acids is 2. The summed E-state index contributed by atoms with van der Waals surface area (Å²) in [6.45, 7) is 3.94. The van der Waals surface area contributed by atoms with E-state index in [0.717, 1.165) is 34.0 Å². The van der Waals surface area contributed by atoms with Crippen molar-refractivity contribution in [2.75, 3.05) is 11.9 Å². The Labute approximate surface area is 165 Å². The van der Waals surface area contributed by atoms with Gasteiger partial charge in [-0.05, 0) is 40.3 Å². The number of fused-ring (bicyclic) bond motifs is 1. The van der Waals surface area contributed by atoms with Crippen molar-refractivity contribution < 1.29 is 14.3 Å². The molecule has 3 rings (SSSR count). The molecule has 0 aliphatic carbocycles. The van der Waals surface area contributed by atoms with Gasteiger partial charge in [0.25, 0.3) is 5.91 Å². The van der Waals surface area contributed by atoms with E-state index in [1.165, 1.54) is 0 Å². The molecule has 0 heterocycles. The Balaban J connectivity index is 1.58. The van der Waals surface area contributed by atoms with Crippen LogP contribution in [-0.4, -0.2) is 18.5 Å². The van der Waals surface area contributed by atoms with E-state index in [9.17, 15) is 9.59 Å². The number of hydrogen-bond donors (Lipinski definition) is 1. The Morgan fingerprint density at radius 3 is 2.50 bits per heavy atom. The normalized spacial score (nSPS) is 11.8. The summed E-state index contributed by atoms with van der Waals surface area (Å²) in [5, 5.41) is 4.96. The number of amides is 1. The van der Waals surface area contributed by atoms with Gasteiger partial charge in [0.2, 0.25) is 0 Å². The van der Waals surface area contributed by atoms with Crippen molar-refractivity contribution in [1.82, 2.24) is 0 Å². The molecule has 3 aromatic carbocycles. The van der Waals surface area contributed by atoms with Gasteiger partial charge in [-0.2, -0.15) is 0 Å². The van der Waals surface area contributed by atoms with Gasteiger partial charge < -0.3 is 10.1 Å². The van der Waals surface area contributed by atoms with E-state index >= 15 is 0 Å². The van der Waals surface area contributed by atoms with Crippen LogP contribution in [0.25, 0.3) is 10.8 Å². The average molecular weight is 375 g/mol. The summed E-state index contributed by atoms with van der Waals surface area (Å²) in [6.07, 6.45) is 1.12. The number of benzene rings is 3. The first-order valence-electron chi connectivity index (χ1n) is 9.59. The Kier molecular flexibility index (Phi) is 6.43. The predicted octanol–water partition coefficient (Wildman–Crippen LogP) is 5.08.